The number of rotatable bonds is 5. The Labute approximate surface area is 176 Å². The van der Waals surface area contributed by atoms with Crippen molar-refractivity contribution in [3.8, 4) is 11.8 Å². The monoisotopic (exact) mass is 426 g/mol. The van der Waals surface area contributed by atoms with Gasteiger partial charge in [0, 0.05) is 5.92 Å². The summed E-state index contributed by atoms with van der Waals surface area (Å²) >= 11 is 0. The third-order valence-corrected chi connectivity index (χ3v) is 7.16. The molecule has 2 aliphatic carbocycles. The van der Waals surface area contributed by atoms with Gasteiger partial charge in [-0.15, -0.1) is 0 Å². The van der Waals surface area contributed by atoms with Crippen LogP contribution in [0.15, 0.2) is 12.1 Å². The number of unbranched alkanes of at least 4 members (excludes halogenated alkanes) is 1. The zero-order valence-corrected chi connectivity index (χ0v) is 17.6. The average molecular weight is 427 g/mol. The third-order valence-electron chi connectivity index (χ3n) is 7.16. The van der Waals surface area contributed by atoms with E-state index in [9.17, 15) is 22.0 Å². The van der Waals surface area contributed by atoms with E-state index in [0.717, 1.165) is 43.4 Å². The predicted octanol–water partition coefficient (Wildman–Crippen LogP) is 8.15. The Morgan fingerprint density at radius 3 is 1.90 bits per heavy atom. The van der Waals surface area contributed by atoms with Gasteiger partial charge in [-0.1, -0.05) is 44.9 Å². The molecule has 0 radical (unpaired) electrons. The van der Waals surface area contributed by atoms with Crippen LogP contribution in [0.5, 0.6) is 0 Å². The van der Waals surface area contributed by atoms with Gasteiger partial charge in [-0.05, 0) is 79.9 Å². The van der Waals surface area contributed by atoms with Crippen molar-refractivity contribution in [3.63, 3.8) is 0 Å². The number of alkyl halides is 3. The lowest BCUT2D eigenvalue weighted by Crippen LogP contribution is -2.25. The molecule has 2 aliphatic rings. The summed E-state index contributed by atoms with van der Waals surface area (Å²) in [7, 11) is 0. The summed E-state index contributed by atoms with van der Waals surface area (Å²) < 4.78 is 65.1. The fourth-order valence-electron chi connectivity index (χ4n) is 5.45. The quantitative estimate of drug-likeness (QED) is 0.329. The maximum absolute atomic E-state index is 14.2. The molecule has 0 aliphatic heterocycles. The number of hydrogen-bond acceptors (Lipinski definition) is 0. The van der Waals surface area contributed by atoms with Gasteiger partial charge in [0.15, 0.2) is 0 Å². The van der Waals surface area contributed by atoms with Crippen LogP contribution >= 0.6 is 0 Å². The van der Waals surface area contributed by atoms with E-state index in [0.29, 0.717) is 11.5 Å². The number of benzene rings is 1. The summed E-state index contributed by atoms with van der Waals surface area (Å²) in [5.74, 6) is 2.95. The number of hydrogen-bond donors (Lipinski definition) is 0. The van der Waals surface area contributed by atoms with E-state index in [1.165, 1.54) is 57.1 Å². The molecule has 5 heteroatoms. The van der Waals surface area contributed by atoms with Crippen molar-refractivity contribution in [3.05, 3.63) is 34.9 Å². The molecule has 0 bridgehead atoms. The second-order valence-corrected chi connectivity index (χ2v) is 9.14. The van der Waals surface area contributed by atoms with Gasteiger partial charge in [0.2, 0.25) is 0 Å². The molecule has 0 amide bonds. The van der Waals surface area contributed by atoms with Gasteiger partial charge in [-0.3, -0.25) is 0 Å². The maximum atomic E-state index is 14.2. The molecule has 0 unspecified atom stereocenters. The summed E-state index contributed by atoms with van der Waals surface area (Å²) in [5, 5.41) is 0. The second-order valence-electron chi connectivity index (χ2n) is 9.14. The highest BCUT2D eigenvalue weighted by molar-refractivity contribution is 5.40. The summed E-state index contributed by atoms with van der Waals surface area (Å²) in [6.45, 7) is 2.24. The van der Waals surface area contributed by atoms with Crippen molar-refractivity contribution < 1.29 is 22.0 Å². The van der Waals surface area contributed by atoms with Crippen molar-refractivity contribution >= 4 is 0 Å². The van der Waals surface area contributed by atoms with Gasteiger partial charge in [-0.25, -0.2) is 8.78 Å². The topological polar surface area (TPSA) is 0 Å². The minimum absolute atomic E-state index is 0.0655. The van der Waals surface area contributed by atoms with Crippen molar-refractivity contribution in [1.82, 2.24) is 0 Å². The maximum Gasteiger partial charge on any atom is 0.458 e. The molecule has 0 nitrogen and oxygen atoms in total. The summed E-state index contributed by atoms with van der Waals surface area (Å²) in [5.41, 5.74) is -0.256. The van der Waals surface area contributed by atoms with Gasteiger partial charge in [0.1, 0.15) is 11.6 Å². The van der Waals surface area contributed by atoms with Crippen molar-refractivity contribution in [1.29, 1.82) is 0 Å². The third kappa shape index (κ3) is 6.22. The lowest BCUT2D eigenvalue weighted by atomic mass is 9.68. The molecular weight excluding hydrogens is 395 g/mol. The van der Waals surface area contributed by atoms with Gasteiger partial charge < -0.3 is 0 Å². The molecule has 166 valence electrons. The van der Waals surface area contributed by atoms with Crippen molar-refractivity contribution in [2.45, 2.75) is 89.6 Å². The van der Waals surface area contributed by atoms with E-state index in [4.69, 9.17) is 0 Å². The van der Waals surface area contributed by atoms with Gasteiger partial charge in [-0.2, -0.15) is 13.2 Å². The standard InChI is InChI=1S/C25H31F5/c1-2-3-4-17-5-7-18(8-6-17)19-9-11-20(12-10-19)21-15-23(26)22(24(27)16-21)13-14-25(28,29)30/h15-20H,2-12H2,1H3. The van der Waals surface area contributed by atoms with Crippen LogP contribution in [0.3, 0.4) is 0 Å². The number of halogens is 5. The second kappa shape index (κ2) is 10.2. The Balaban J connectivity index is 1.56. The molecule has 2 fully saturated rings. The van der Waals surface area contributed by atoms with Crippen LogP contribution in [-0.4, -0.2) is 6.18 Å². The summed E-state index contributed by atoms with van der Waals surface area (Å²) in [4.78, 5) is 0. The molecule has 0 heterocycles. The molecule has 1 aromatic carbocycles. The Morgan fingerprint density at radius 1 is 0.867 bits per heavy atom. The Hall–Kier alpha value is -1.57. The molecule has 0 N–H and O–H groups in total. The first-order valence-electron chi connectivity index (χ1n) is 11.4. The Morgan fingerprint density at radius 2 is 1.40 bits per heavy atom. The van der Waals surface area contributed by atoms with Crippen LogP contribution in [0.4, 0.5) is 22.0 Å². The molecule has 0 spiro atoms. The summed E-state index contributed by atoms with van der Waals surface area (Å²) in [6, 6.07) is 2.35. The van der Waals surface area contributed by atoms with E-state index in [2.05, 4.69) is 6.92 Å². The largest absolute Gasteiger partial charge is 0.458 e. The zero-order chi connectivity index (χ0) is 21.7. The van der Waals surface area contributed by atoms with Crippen LogP contribution < -0.4 is 0 Å². The van der Waals surface area contributed by atoms with Crippen LogP contribution in [0.2, 0.25) is 0 Å². The van der Waals surface area contributed by atoms with Crippen LogP contribution in [0, 0.1) is 41.2 Å². The average Bonchev–Trinajstić information content (AvgIpc) is 2.71. The highest BCUT2D eigenvalue weighted by Gasteiger charge is 2.31. The summed E-state index contributed by atoms with van der Waals surface area (Å²) in [6.07, 6.45) is 8.35. The Bertz CT molecular complexity index is 731. The first kappa shape index (κ1) is 23.1. The van der Waals surface area contributed by atoms with Crippen molar-refractivity contribution in [2.75, 3.05) is 0 Å². The zero-order valence-electron chi connectivity index (χ0n) is 17.6. The van der Waals surface area contributed by atoms with Crippen LogP contribution in [-0.2, 0) is 0 Å². The fourth-order valence-corrected chi connectivity index (χ4v) is 5.45. The molecule has 2 saturated carbocycles. The highest BCUT2D eigenvalue weighted by atomic mass is 19.4. The van der Waals surface area contributed by atoms with Crippen LogP contribution in [0.1, 0.15) is 94.6 Å². The molecule has 30 heavy (non-hydrogen) atoms. The Kier molecular flexibility index (Phi) is 7.82. The van der Waals surface area contributed by atoms with Gasteiger partial charge in [0.05, 0.1) is 5.56 Å². The van der Waals surface area contributed by atoms with E-state index in [1.54, 1.807) is 5.92 Å². The minimum Gasteiger partial charge on any atom is -0.206 e. The normalized spacial score (nSPS) is 27.4. The molecule has 0 atom stereocenters. The van der Waals surface area contributed by atoms with Crippen LogP contribution in [0.25, 0.3) is 0 Å². The van der Waals surface area contributed by atoms with Gasteiger partial charge >= 0.3 is 6.18 Å². The van der Waals surface area contributed by atoms with Crippen molar-refractivity contribution in [2.24, 2.45) is 17.8 Å². The molecule has 0 saturated heterocycles. The van der Waals surface area contributed by atoms with Gasteiger partial charge in [0.25, 0.3) is 0 Å². The lowest BCUT2D eigenvalue weighted by molar-refractivity contribution is -0.0696. The smallest absolute Gasteiger partial charge is 0.206 e. The molecule has 3 rings (SSSR count). The fraction of sp³-hybridized carbons (Fsp3) is 0.680. The SMILES string of the molecule is CCCCC1CCC(C2CCC(c3cc(F)c(C#CC(F)(F)F)c(F)c3)CC2)CC1. The van der Waals surface area contributed by atoms with E-state index in [1.807, 2.05) is 0 Å². The predicted molar refractivity (Wildman–Crippen MR) is 109 cm³/mol. The molecule has 0 aromatic heterocycles. The van der Waals surface area contributed by atoms with E-state index < -0.39 is 23.4 Å². The first-order chi connectivity index (χ1) is 14.3. The lowest BCUT2D eigenvalue weighted by Gasteiger charge is -2.38. The molecule has 1 aromatic rings. The first-order valence-corrected chi connectivity index (χ1v) is 11.4. The molecular formula is C25H31F5. The van der Waals surface area contributed by atoms with E-state index >= 15 is 0 Å². The minimum atomic E-state index is -4.77. The highest BCUT2D eigenvalue weighted by Crippen LogP contribution is 2.44. The van der Waals surface area contributed by atoms with E-state index in [-0.39, 0.29) is 5.92 Å².